The van der Waals surface area contributed by atoms with Crippen LogP contribution in [-0.2, 0) is 9.53 Å². The number of H-pyrrole nitrogens is 1. The number of likely N-dealkylation sites (tertiary alicyclic amines) is 1. The highest BCUT2D eigenvalue weighted by atomic mass is 32.1. The van der Waals surface area contributed by atoms with Gasteiger partial charge in [-0.3, -0.25) is 4.79 Å². The molecule has 1 aliphatic rings. The van der Waals surface area contributed by atoms with Crippen LogP contribution in [0.25, 0.3) is 11.3 Å². The van der Waals surface area contributed by atoms with Gasteiger partial charge in [-0.1, -0.05) is 0 Å². The van der Waals surface area contributed by atoms with E-state index >= 15 is 0 Å². The number of rotatable bonds is 5. The average molecular weight is 291 g/mol. The maximum absolute atomic E-state index is 11.9. The average Bonchev–Trinajstić information content (AvgIpc) is 3.16. The van der Waals surface area contributed by atoms with Gasteiger partial charge in [0.05, 0.1) is 18.5 Å². The number of aromatic nitrogens is 2. The lowest BCUT2D eigenvalue weighted by Crippen LogP contribution is -2.28. The van der Waals surface area contributed by atoms with Gasteiger partial charge in [0.15, 0.2) is 0 Å². The van der Waals surface area contributed by atoms with Crippen LogP contribution in [0.4, 0.5) is 0 Å². The quantitative estimate of drug-likeness (QED) is 0.918. The van der Waals surface area contributed by atoms with Gasteiger partial charge in [0.2, 0.25) is 5.91 Å². The summed E-state index contributed by atoms with van der Waals surface area (Å²) in [4.78, 5) is 21.6. The van der Waals surface area contributed by atoms with Crippen molar-refractivity contribution in [2.24, 2.45) is 0 Å². The number of thiophene rings is 1. The lowest BCUT2D eigenvalue weighted by Gasteiger charge is -2.15. The van der Waals surface area contributed by atoms with Gasteiger partial charge in [-0.05, 0) is 11.4 Å². The van der Waals surface area contributed by atoms with Crippen LogP contribution in [-0.4, -0.2) is 47.6 Å². The second kappa shape index (κ2) is 5.76. The van der Waals surface area contributed by atoms with Crippen LogP contribution in [0.3, 0.4) is 0 Å². The van der Waals surface area contributed by atoms with E-state index in [1.54, 1.807) is 18.4 Å². The van der Waals surface area contributed by atoms with Crippen LogP contribution in [0.1, 0.15) is 18.2 Å². The van der Waals surface area contributed by atoms with E-state index in [0.29, 0.717) is 19.6 Å². The minimum Gasteiger partial charge on any atom is -0.383 e. The van der Waals surface area contributed by atoms with Crippen LogP contribution in [0, 0.1) is 0 Å². The first-order valence-corrected chi connectivity index (χ1v) is 7.56. The molecule has 1 unspecified atom stereocenters. The zero-order chi connectivity index (χ0) is 13.9. The van der Waals surface area contributed by atoms with Crippen LogP contribution in [0.2, 0.25) is 0 Å². The smallest absolute Gasteiger partial charge is 0.223 e. The summed E-state index contributed by atoms with van der Waals surface area (Å²) in [7, 11) is 1.65. The molecule has 1 aliphatic heterocycles. The standard InChI is InChI=1S/C14H17N3O2S/c1-19-4-3-17-8-11(6-13(17)18)14-15-7-12(16-14)10-2-5-20-9-10/h2,5,7,9,11H,3-4,6,8H2,1H3,(H,15,16). The molecule has 6 heteroatoms. The molecule has 1 fully saturated rings. The number of carbonyl (C=O) groups excluding carboxylic acids is 1. The summed E-state index contributed by atoms with van der Waals surface area (Å²) in [5.41, 5.74) is 2.17. The maximum atomic E-state index is 11.9. The lowest BCUT2D eigenvalue weighted by atomic mass is 10.1. The highest BCUT2D eigenvalue weighted by Gasteiger charge is 2.32. The van der Waals surface area contributed by atoms with E-state index in [2.05, 4.69) is 21.4 Å². The fraction of sp³-hybridized carbons (Fsp3) is 0.429. The Morgan fingerprint density at radius 2 is 2.50 bits per heavy atom. The molecule has 1 atom stereocenters. The second-order valence-corrected chi connectivity index (χ2v) is 5.71. The molecule has 3 rings (SSSR count). The van der Waals surface area contributed by atoms with E-state index in [1.165, 1.54) is 0 Å². The molecule has 2 aromatic rings. The number of carbonyl (C=O) groups is 1. The molecule has 3 heterocycles. The first kappa shape index (κ1) is 13.3. The van der Waals surface area contributed by atoms with E-state index in [9.17, 15) is 4.79 Å². The van der Waals surface area contributed by atoms with E-state index in [0.717, 1.165) is 23.6 Å². The second-order valence-electron chi connectivity index (χ2n) is 4.93. The summed E-state index contributed by atoms with van der Waals surface area (Å²) < 4.78 is 5.03. The van der Waals surface area contributed by atoms with Gasteiger partial charge in [-0.2, -0.15) is 11.3 Å². The van der Waals surface area contributed by atoms with Gasteiger partial charge in [0.25, 0.3) is 0 Å². The number of nitrogens with one attached hydrogen (secondary N) is 1. The van der Waals surface area contributed by atoms with Crippen molar-refractivity contribution in [2.45, 2.75) is 12.3 Å². The van der Waals surface area contributed by atoms with E-state index in [4.69, 9.17) is 4.74 Å². The monoisotopic (exact) mass is 291 g/mol. The zero-order valence-corrected chi connectivity index (χ0v) is 12.2. The van der Waals surface area contributed by atoms with Gasteiger partial charge >= 0.3 is 0 Å². The Morgan fingerprint density at radius 1 is 1.60 bits per heavy atom. The highest BCUT2D eigenvalue weighted by molar-refractivity contribution is 7.08. The summed E-state index contributed by atoms with van der Waals surface area (Å²) in [6.45, 7) is 1.96. The molecule has 1 N–H and O–H groups in total. The molecule has 20 heavy (non-hydrogen) atoms. The number of imidazole rings is 1. The fourth-order valence-corrected chi connectivity index (χ4v) is 3.14. The van der Waals surface area contributed by atoms with Gasteiger partial charge < -0.3 is 14.6 Å². The normalized spacial score (nSPS) is 18.9. The molecule has 0 saturated carbocycles. The molecule has 0 aromatic carbocycles. The van der Waals surface area contributed by atoms with Crippen molar-refractivity contribution in [3.05, 3.63) is 28.8 Å². The number of amides is 1. The predicted molar refractivity (Wildman–Crippen MR) is 77.7 cm³/mol. The zero-order valence-electron chi connectivity index (χ0n) is 11.3. The van der Waals surface area contributed by atoms with Crippen LogP contribution >= 0.6 is 11.3 Å². The number of methoxy groups -OCH3 is 1. The first-order chi connectivity index (χ1) is 9.78. The van der Waals surface area contributed by atoms with Crippen molar-refractivity contribution in [1.29, 1.82) is 0 Å². The third kappa shape index (κ3) is 2.62. The molecule has 106 valence electrons. The van der Waals surface area contributed by atoms with Crippen LogP contribution in [0.5, 0.6) is 0 Å². The van der Waals surface area contributed by atoms with Crippen LogP contribution in [0.15, 0.2) is 23.0 Å². The Morgan fingerprint density at radius 3 is 3.25 bits per heavy atom. The molecule has 0 spiro atoms. The van der Waals surface area contributed by atoms with Crippen molar-refractivity contribution in [3.63, 3.8) is 0 Å². The Balaban J connectivity index is 1.70. The Kier molecular flexibility index (Phi) is 3.84. The molecule has 5 nitrogen and oxygen atoms in total. The number of hydrogen-bond donors (Lipinski definition) is 1. The summed E-state index contributed by atoms with van der Waals surface area (Å²) >= 11 is 1.66. The lowest BCUT2D eigenvalue weighted by molar-refractivity contribution is -0.128. The van der Waals surface area contributed by atoms with Gasteiger partial charge in [-0.25, -0.2) is 4.98 Å². The Labute approximate surface area is 121 Å². The molecule has 0 bridgehead atoms. The fourth-order valence-electron chi connectivity index (χ4n) is 2.48. The SMILES string of the molecule is COCCN1CC(c2ncc(-c3ccsc3)[nH]2)CC1=O. The first-order valence-electron chi connectivity index (χ1n) is 6.62. The summed E-state index contributed by atoms with van der Waals surface area (Å²) in [5, 5.41) is 4.13. The van der Waals surface area contributed by atoms with Crippen molar-refractivity contribution >= 4 is 17.2 Å². The molecule has 0 aliphatic carbocycles. The molecule has 1 amide bonds. The number of aromatic amines is 1. The molecule has 2 aromatic heterocycles. The predicted octanol–water partition coefficient (Wildman–Crippen LogP) is 2.10. The Bertz CT molecular complexity index is 579. The minimum absolute atomic E-state index is 0.159. The van der Waals surface area contributed by atoms with Gasteiger partial charge in [0.1, 0.15) is 5.82 Å². The van der Waals surface area contributed by atoms with E-state index in [1.807, 2.05) is 16.5 Å². The number of nitrogens with zero attached hydrogens (tertiary/aromatic N) is 2. The largest absolute Gasteiger partial charge is 0.383 e. The van der Waals surface area contributed by atoms with Crippen molar-refractivity contribution in [1.82, 2.24) is 14.9 Å². The molecular formula is C14H17N3O2S. The molecule has 0 radical (unpaired) electrons. The van der Waals surface area contributed by atoms with Crippen molar-refractivity contribution in [3.8, 4) is 11.3 Å². The third-order valence-corrected chi connectivity index (χ3v) is 4.28. The number of ether oxygens (including phenoxy) is 1. The van der Waals surface area contributed by atoms with Crippen molar-refractivity contribution in [2.75, 3.05) is 26.8 Å². The van der Waals surface area contributed by atoms with Gasteiger partial charge in [0, 0.05) is 43.5 Å². The minimum atomic E-state index is 0.159. The summed E-state index contributed by atoms with van der Waals surface area (Å²) in [6, 6.07) is 2.06. The number of hydrogen-bond acceptors (Lipinski definition) is 4. The van der Waals surface area contributed by atoms with E-state index in [-0.39, 0.29) is 11.8 Å². The Hall–Kier alpha value is -1.66. The highest BCUT2D eigenvalue weighted by Crippen LogP contribution is 2.28. The van der Waals surface area contributed by atoms with Crippen molar-refractivity contribution < 1.29 is 9.53 Å². The third-order valence-electron chi connectivity index (χ3n) is 3.59. The van der Waals surface area contributed by atoms with Gasteiger partial charge in [-0.15, -0.1) is 0 Å². The van der Waals surface area contributed by atoms with Crippen LogP contribution < -0.4 is 0 Å². The molecule has 1 saturated heterocycles. The topological polar surface area (TPSA) is 58.2 Å². The van der Waals surface area contributed by atoms with E-state index < -0.39 is 0 Å². The maximum Gasteiger partial charge on any atom is 0.223 e. The summed E-state index contributed by atoms with van der Waals surface area (Å²) in [6.07, 6.45) is 2.37. The molecular weight excluding hydrogens is 274 g/mol. The summed E-state index contributed by atoms with van der Waals surface area (Å²) in [5.74, 6) is 1.24.